The topological polar surface area (TPSA) is 55.7 Å². The lowest BCUT2D eigenvalue weighted by Crippen LogP contribution is -1.92. The summed E-state index contributed by atoms with van der Waals surface area (Å²) < 4.78 is 7.27. The molecule has 116 valence electrons. The van der Waals surface area contributed by atoms with E-state index in [1.807, 2.05) is 48.4 Å². The summed E-state index contributed by atoms with van der Waals surface area (Å²) in [5.74, 6) is 0.848. The van der Waals surface area contributed by atoms with Crippen LogP contribution in [-0.4, -0.2) is 26.9 Å². The number of nitrogens with zero attached hydrogens (tertiary/aromatic N) is 3. The summed E-state index contributed by atoms with van der Waals surface area (Å²) in [5, 5.41) is 5.46. The first-order valence-electron chi connectivity index (χ1n) is 7.68. The Hall–Kier alpha value is -2.82. The number of hydrogen-bond acceptors (Lipinski definition) is 3. The predicted molar refractivity (Wildman–Crippen MR) is 91.7 cm³/mol. The third kappa shape index (κ3) is 2.00. The number of benzene rings is 1. The van der Waals surface area contributed by atoms with Gasteiger partial charge >= 0.3 is 0 Å². The zero-order chi connectivity index (χ0) is 16.0. The van der Waals surface area contributed by atoms with Crippen LogP contribution < -0.4 is 4.74 Å². The lowest BCUT2D eigenvalue weighted by atomic mass is 10.0. The standard InChI is InChI=1S/C18H18N4O/c1-4-14-15-17-12(10-20-22(17)2)9-19-18(15)21-16(14)11-5-7-13(23-3)8-6-11/h5-10,20H,4H2,1-3H3. The molecule has 4 aromatic rings. The van der Waals surface area contributed by atoms with Crippen molar-refractivity contribution >= 4 is 21.9 Å². The number of aromatic nitrogens is 4. The van der Waals surface area contributed by atoms with Crippen LogP contribution >= 0.6 is 0 Å². The number of aryl methyl sites for hydroxylation is 2. The van der Waals surface area contributed by atoms with E-state index in [9.17, 15) is 0 Å². The van der Waals surface area contributed by atoms with E-state index in [1.165, 1.54) is 5.56 Å². The Kier molecular flexibility index (Phi) is 3.08. The summed E-state index contributed by atoms with van der Waals surface area (Å²) >= 11 is 0. The van der Waals surface area contributed by atoms with Gasteiger partial charge in [0.25, 0.3) is 0 Å². The first-order chi connectivity index (χ1) is 11.2. The van der Waals surface area contributed by atoms with Crippen molar-refractivity contribution in [2.24, 2.45) is 7.05 Å². The van der Waals surface area contributed by atoms with Crippen molar-refractivity contribution in [2.75, 3.05) is 7.11 Å². The number of nitrogens with one attached hydrogen (secondary N) is 1. The lowest BCUT2D eigenvalue weighted by Gasteiger charge is -2.04. The molecule has 0 aliphatic rings. The van der Waals surface area contributed by atoms with Gasteiger partial charge in [-0.15, -0.1) is 0 Å². The zero-order valence-electron chi connectivity index (χ0n) is 13.4. The molecule has 0 bridgehead atoms. The molecule has 0 amide bonds. The molecule has 3 aromatic heterocycles. The third-order valence-corrected chi connectivity index (χ3v) is 4.33. The van der Waals surface area contributed by atoms with Gasteiger partial charge in [-0.25, -0.2) is 9.97 Å². The molecule has 3 heterocycles. The van der Waals surface area contributed by atoms with Crippen LogP contribution in [0, 0.1) is 0 Å². The van der Waals surface area contributed by atoms with Gasteiger partial charge in [0, 0.05) is 30.4 Å². The van der Waals surface area contributed by atoms with Gasteiger partial charge < -0.3 is 9.84 Å². The molecular formula is C18H18N4O. The Morgan fingerprint density at radius 3 is 2.70 bits per heavy atom. The summed E-state index contributed by atoms with van der Waals surface area (Å²) in [5.41, 5.74) is 5.28. The van der Waals surface area contributed by atoms with Crippen LogP contribution in [0.2, 0.25) is 0 Å². The van der Waals surface area contributed by atoms with E-state index in [1.54, 1.807) is 7.11 Å². The van der Waals surface area contributed by atoms with Gasteiger partial charge in [-0.1, -0.05) is 6.92 Å². The average molecular weight is 306 g/mol. The van der Waals surface area contributed by atoms with Crippen LogP contribution in [0.5, 0.6) is 5.75 Å². The monoisotopic (exact) mass is 306 g/mol. The average Bonchev–Trinajstić information content (AvgIpc) is 3.15. The Labute approximate surface area is 133 Å². The second kappa shape index (κ2) is 5.12. The summed E-state index contributed by atoms with van der Waals surface area (Å²) in [6, 6.07) is 8.03. The number of ether oxygens (including phenoxy) is 1. The van der Waals surface area contributed by atoms with Crippen molar-refractivity contribution in [3.8, 4) is 17.0 Å². The van der Waals surface area contributed by atoms with Crippen molar-refractivity contribution in [3.05, 3.63) is 42.2 Å². The van der Waals surface area contributed by atoms with Gasteiger partial charge in [-0.05, 0) is 36.2 Å². The van der Waals surface area contributed by atoms with Crippen molar-refractivity contribution < 1.29 is 4.74 Å². The predicted octanol–water partition coefficient (Wildman–Crippen LogP) is 3.69. The number of pyridine rings is 1. The molecule has 5 heteroatoms. The van der Waals surface area contributed by atoms with Crippen LogP contribution in [0.1, 0.15) is 12.5 Å². The van der Waals surface area contributed by atoms with E-state index >= 15 is 0 Å². The van der Waals surface area contributed by atoms with E-state index in [2.05, 4.69) is 17.0 Å². The molecule has 4 rings (SSSR count). The van der Waals surface area contributed by atoms with Gasteiger partial charge in [0.05, 0.1) is 23.7 Å². The van der Waals surface area contributed by atoms with Crippen LogP contribution in [0.3, 0.4) is 0 Å². The Morgan fingerprint density at radius 1 is 1.22 bits per heavy atom. The summed E-state index contributed by atoms with van der Waals surface area (Å²) in [6.07, 6.45) is 4.75. The number of H-pyrrole nitrogens is 1. The lowest BCUT2D eigenvalue weighted by molar-refractivity contribution is 0.415. The van der Waals surface area contributed by atoms with E-state index in [-0.39, 0.29) is 0 Å². The van der Waals surface area contributed by atoms with Gasteiger partial charge in [0.1, 0.15) is 5.75 Å². The molecule has 0 radical (unpaired) electrons. The largest absolute Gasteiger partial charge is 0.497 e. The fourth-order valence-corrected chi connectivity index (χ4v) is 3.19. The van der Waals surface area contributed by atoms with Crippen LogP contribution in [0.25, 0.3) is 33.2 Å². The maximum Gasteiger partial charge on any atom is 0.162 e. The molecule has 0 unspecified atom stereocenters. The van der Waals surface area contributed by atoms with Crippen molar-refractivity contribution in [3.63, 3.8) is 0 Å². The molecule has 5 nitrogen and oxygen atoms in total. The normalized spacial score (nSPS) is 11.4. The molecule has 0 aliphatic heterocycles. The fourth-order valence-electron chi connectivity index (χ4n) is 3.19. The smallest absolute Gasteiger partial charge is 0.162 e. The van der Waals surface area contributed by atoms with Crippen molar-refractivity contribution in [2.45, 2.75) is 13.3 Å². The van der Waals surface area contributed by atoms with Gasteiger partial charge in [0.15, 0.2) is 5.65 Å². The Morgan fingerprint density at radius 2 is 2.00 bits per heavy atom. The molecule has 0 saturated carbocycles. The molecule has 0 saturated heterocycles. The number of methoxy groups -OCH3 is 1. The van der Waals surface area contributed by atoms with E-state index in [0.29, 0.717) is 0 Å². The fraction of sp³-hybridized carbons (Fsp3) is 0.222. The molecule has 23 heavy (non-hydrogen) atoms. The second-order valence-corrected chi connectivity index (χ2v) is 5.61. The Balaban J connectivity index is 2.03. The molecule has 0 spiro atoms. The highest BCUT2D eigenvalue weighted by atomic mass is 16.5. The maximum absolute atomic E-state index is 5.24. The summed E-state index contributed by atoms with van der Waals surface area (Å²) in [4.78, 5) is 9.34. The van der Waals surface area contributed by atoms with Crippen molar-refractivity contribution in [1.29, 1.82) is 0 Å². The van der Waals surface area contributed by atoms with E-state index in [0.717, 1.165) is 45.4 Å². The zero-order valence-corrected chi connectivity index (χ0v) is 13.4. The summed E-state index contributed by atoms with van der Waals surface area (Å²) in [7, 11) is 3.69. The van der Waals surface area contributed by atoms with Gasteiger partial charge in [-0.2, -0.15) is 0 Å². The molecule has 1 aromatic carbocycles. The number of aromatic amines is 1. The molecular weight excluding hydrogens is 288 g/mol. The van der Waals surface area contributed by atoms with Gasteiger partial charge in [0.2, 0.25) is 0 Å². The van der Waals surface area contributed by atoms with Crippen LogP contribution in [0.15, 0.2) is 36.7 Å². The SMILES string of the molecule is CCc1c(-c2ccc(OC)cc2)nc2ncc3c[nH]n(C)c3c12. The quantitative estimate of drug-likeness (QED) is 0.628. The molecule has 1 N–H and O–H groups in total. The van der Waals surface area contributed by atoms with E-state index in [4.69, 9.17) is 9.72 Å². The molecule has 0 atom stereocenters. The van der Waals surface area contributed by atoms with Crippen LogP contribution in [0.4, 0.5) is 0 Å². The highest BCUT2D eigenvalue weighted by Gasteiger charge is 2.18. The minimum atomic E-state index is 0.801. The van der Waals surface area contributed by atoms with Crippen LogP contribution in [-0.2, 0) is 13.5 Å². The summed E-state index contributed by atoms with van der Waals surface area (Å²) in [6.45, 7) is 2.16. The third-order valence-electron chi connectivity index (χ3n) is 4.33. The Bertz CT molecular complexity index is 995. The van der Waals surface area contributed by atoms with Gasteiger partial charge in [-0.3, -0.25) is 4.68 Å². The first kappa shape index (κ1) is 13.8. The van der Waals surface area contributed by atoms with E-state index < -0.39 is 0 Å². The number of rotatable bonds is 3. The number of hydrogen-bond donors (Lipinski definition) is 1. The highest BCUT2D eigenvalue weighted by molar-refractivity contribution is 6.06. The van der Waals surface area contributed by atoms with Crippen molar-refractivity contribution in [1.82, 2.24) is 19.7 Å². The highest BCUT2D eigenvalue weighted by Crippen LogP contribution is 2.34. The maximum atomic E-state index is 5.24. The minimum Gasteiger partial charge on any atom is -0.497 e. The molecule has 0 fully saturated rings. The number of fused-ring (bicyclic) bond motifs is 3. The first-order valence-corrected chi connectivity index (χ1v) is 7.68. The minimum absolute atomic E-state index is 0.801. The molecule has 0 aliphatic carbocycles. The second-order valence-electron chi connectivity index (χ2n) is 5.61.